The Kier molecular flexibility index (Phi) is 2.97. The third kappa shape index (κ3) is 1.56. The van der Waals surface area contributed by atoms with Crippen molar-refractivity contribution in [2.45, 2.75) is 22.7 Å². The van der Waals surface area contributed by atoms with Crippen molar-refractivity contribution >= 4 is 5.97 Å². The van der Waals surface area contributed by atoms with Gasteiger partial charge in [-0.25, -0.2) is 4.79 Å². The summed E-state index contributed by atoms with van der Waals surface area (Å²) in [7, 11) is 1.48. The van der Waals surface area contributed by atoms with Gasteiger partial charge in [0, 0.05) is 28.2 Å². The Morgan fingerprint density at radius 3 is 2.00 bits per heavy atom. The predicted molar refractivity (Wildman–Crippen MR) is 108 cm³/mol. The van der Waals surface area contributed by atoms with Gasteiger partial charge in [0.2, 0.25) is 0 Å². The lowest BCUT2D eigenvalue weighted by molar-refractivity contribution is -0.136. The van der Waals surface area contributed by atoms with E-state index in [0.29, 0.717) is 5.92 Å². The molecule has 4 unspecified atom stereocenters. The summed E-state index contributed by atoms with van der Waals surface area (Å²) < 4.78 is 5.22. The molecule has 28 heavy (non-hydrogen) atoms. The number of carbonyl (C=O) groups is 1. The summed E-state index contributed by atoms with van der Waals surface area (Å²) >= 11 is 0. The summed E-state index contributed by atoms with van der Waals surface area (Å²) in [5, 5.41) is 0. The Hall–Kier alpha value is -3.13. The van der Waals surface area contributed by atoms with Crippen molar-refractivity contribution in [2.75, 3.05) is 7.11 Å². The van der Waals surface area contributed by atoms with Gasteiger partial charge in [0.05, 0.1) is 7.11 Å². The highest BCUT2D eigenvalue weighted by atomic mass is 16.5. The molecule has 0 radical (unpaired) electrons. The van der Waals surface area contributed by atoms with Crippen LogP contribution in [-0.2, 0) is 20.4 Å². The maximum atomic E-state index is 12.8. The molecule has 0 N–H and O–H groups in total. The molecule has 4 atom stereocenters. The highest BCUT2D eigenvalue weighted by molar-refractivity contribution is 5.97. The van der Waals surface area contributed by atoms with Crippen molar-refractivity contribution in [3.05, 3.63) is 119 Å². The van der Waals surface area contributed by atoms with Gasteiger partial charge in [-0.05, 0) is 22.3 Å². The molecule has 6 rings (SSSR count). The number of methoxy groups -OCH3 is 1. The van der Waals surface area contributed by atoms with Crippen LogP contribution in [0.1, 0.15) is 34.1 Å². The van der Waals surface area contributed by atoms with Crippen LogP contribution in [0.3, 0.4) is 0 Å². The van der Waals surface area contributed by atoms with Crippen LogP contribution in [-0.4, -0.2) is 13.1 Å². The second-order valence-corrected chi connectivity index (χ2v) is 8.06. The molecule has 3 aliphatic carbocycles. The van der Waals surface area contributed by atoms with Crippen LogP contribution in [0, 0.1) is 0 Å². The first-order chi connectivity index (χ1) is 13.8. The number of allylic oxidation sites excluding steroid dienone is 1. The van der Waals surface area contributed by atoms with Crippen LogP contribution in [0.4, 0.5) is 0 Å². The van der Waals surface area contributed by atoms with Gasteiger partial charge in [0.15, 0.2) is 0 Å². The number of ether oxygens (including phenoxy) is 1. The number of hydrogen-bond donors (Lipinski definition) is 0. The normalized spacial score (nSPS) is 31.0. The Balaban J connectivity index is 1.70. The second-order valence-electron chi connectivity index (χ2n) is 8.06. The second kappa shape index (κ2) is 5.23. The molecule has 0 aliphatic heterocycles. The fourth-order valence-corrected chi connectivity index (χ4v) is 6.43. The molecule has 0 spiro atoms. The molecule has 2 heteroatoms. The number of esters is 1. The molecule has 1 saturated carbocycles. The van der Waals surface area contributed by atoms with E-state index in [4.69, 9.17) is 4.74 Å². The first-order valence-electron chi connectivity index (χ1n) is 9.77. The summed E-state index contributed by atoms with van der Waals surface area (Å²) in [6.45, 7) is 0. The smallest absolute Gasteiger partial charge is 0.334 e. The lowest BCUT2D eigenvalue weighted by Gasteiger charge is -2.27. The Labute approximate surface area is 164 Å². The van der Waals surface area contributed by atoms with E-state index >= 15 is 0 Å². The van der Waals surface area contributed by atoms with E-state index in [0.717, 1.165) is 5.57 Å². The first-order valence-corrected chi connectivity index (χ1v) is 9.77. The van der Waals surface area contributed by atoms with Gasteiger partial charge in [-0.2, -0.15) is 0 Å². The number of benzene rings is 3. The number of rotatable bonds is 3. The molecule has 0 heterocycles. The van der Waals surface area contributed by atoms with Gasteiger partial charge in [-0.1, -0.05) is 91.0 Å². The molecule has 3 aromatic rings. The topological polar surface area (TPSA) is 26.3 Å². The number of hydrogen-bond acceptors (Lipinski definition) is 2. The summed E-state index contributed by atoms with van der Waals surface area (Å²) in [6, 6.07) is 30.0. The lowest BCUT2D eigenvalue weighted by atomic mass is 9.75. The Morgan fingerprint density at radius 2 is 1.36 bits per heavy atom. The number of carbonyl (C=O) groups excluding carboxylic acids is 1. The van der Waals surface area contributed by atoms with Crippen LogP contribution in [0.15, 0.2) is 96.6 Å². The standard InChI is InChI=1S/C26H20O2/c1-28-24(27)21-16-25(17-10-4-2-5-11-17)23-20-15-9-8-14-19(20)22(21)26(23,25)18-12-6-3-7-13-18/h2-16,22-23H,1H3. The summed E-state index contributed by atoms with van der Waals surface area (Å²) in [6.07, 6.45) is 2.23. The Morgan fingerprint density at radius 1 is 0.786 bits per heavy atom. The molecule has 0 amide bonds. The van der Waals surface area contributed by atoms with Crippen LogP contribution in [0.2, 0.25) is 0 Å². The molecule has 0 saturated heterocycles. The van der Waals surface area contributed by atoms with Crippen LogP contribution < -0.4 is 0 Å². The summed E-state index contributed by atoms with van der Waals surface area (Å²) in [5.74, 6) is 0.168. The molecule has 0 aromatic heterocycles. The summed E-state index contributed by atoms with van der Waals surface area (Å²) in [4.78, 5) is 12.8. The predicted octanol–water partition coefficient (Wildman–Crippen LogP) is 4.87. The SMILES string of the molecule is COC(=O)C1=CC2(c3ccccc3)C3c4ccccc4C1C32c1ccccc1. The van der Waals surface area contributed by atoms with Gasteiger partial charge >= 0.3 is 5.97 Å². The van der Waals surface area contributed by atoms with Crippen LogP contribution in [0.25, 0.3) is 0 Å². The maximum Gasteiger partial charge on any atom is 0.334 e. The third-order valence-electron chi connectivity index (χ3n) is 7.20. The zero-order chi connectivity index (χ0) is 18.9. The largest absolute Gasteiger partial charge is 0.466 e. The average Bonchev–Trinajstić information content (AvgIpc) is 3.13. The van der Waals surface area contributed by atoms with Gasteiger partial charge in [-0.3, -0.25) is 0 Å². The molecule has 2 nitrogen and oxygen atoms in total. The van der Waals surface area contributed by atoms with Crippen molar-refractivity contribution in [1.82, 2.24) is 0 Å². The van der Waals surface area contributed by atoms with Crippen molar-refractivity contribution in [3.8, 4) is 0 Å². The van der Waals surface area contributed by atoms with Crippen molar-refractivity contribution in [3.63, 3.8) is 0 Å². The molecule has 3 aromatic carbocycles. The van der Waals surface area contributed by atoms with Gasteiger partial charge in [-0.15, -0.1) is 0 Å². The quantitative estimate of drug-likeness (QED) is 0.620. The third-order valence-corrected chi connectivity index (χ3v) is 7.20. The molecule has 3 aliphatic rings. The fraction of sp³-hybridized carbons (Fsp3) is 0.192. The first kappa shape index (κ1) is 15.9. The van der Waals surface area contributed by atoms with Crippen molar-refractivity contribution < 1.29 is 9.53 Å². The van der Waals surface area contributed by atoms with E-state index in [1.807, 2.05) is 0 Å². The monoisotopic (exact) mass is 364 g/mol. The zero-order valence-electron chi connectivity index (χ0n) is 15.6. The minimum atomic E-state index is -0.210. The van der Waals surface area contributed by atoms with Crippen LogP contribution >= 0.6 is 0 Å². The highest BCUT2D eigenvalue weighted by Crippen LogP contribution is 2.88. The van der Waals surface area contributed by atoms with Crippen molar-refractivity contribution in [2.24, 2.45) is 0 Å². The highest BCUT2D eigenvalue weighted by Gasteiger charge is 2.86. The van der Waals surface area contributed by atoms with E-state index in [2.05, 4.69) is 91.0 Å². The van der Waals surface area contributed by atoms with E-state index < -0.39 is 0 Å². The average molecular weight is 364 g/mol. The molecule has 0 bridgehead atoms. The molecule has 1 fully saturated rings. The van der Waals surface area contributed by atoms with Gasteiger partial charge in [0.25, 0.3) is 0 Å². The number of fused-ring (bicyclic) bond motifs is 4. The lowest BCUT2D eigenvalue weighted by Crippen LogP contribution is -2.24. The van der Waals surface area contributed by atoms with Crippen molar-refractivity contribution in [1.29, 1.82) is 0 Å². The van der Waals surface area contributed by atoms with Gasteiger partial charge < -0.3 is 4.74 Å². The fourth-order valence-electron chi connectivity index (χ4n) is 6.43. The van der Waals surface area contributed by atoms with E-state index in [9.17, 15) is 4.79 Å². The van der Waals surface area contributed by atoms with Gasteiger partial charge in [0.1, 0.15) is 0 Å². The molecular formula is C26H20O2. The minimum Gasteiger partial charge on any atom is -0.466 e. The van der Waals surface area contributed by atoms with Crippen LogP contribution in [0.5, 0.6) is 0 Å². The molecular weight excluding hydrogens is 344 g/mol. The summed E-state index contributed by atoms with van der Waals surface area (Å²) in [5.41, 5.74) is 5.69. The Bertz CT molecular complexity index is 1130. The van der Waals surface area contributed by atoms with E-state index in [1.54, 1.807) is 0 Å². The van der Waals surface area contributed by atoms with E-state index in [-0.39, 0.29) is 22.7 Å². The minimum absolute atomic E-state index is 0.0313. The maximum absolute atomic E-state index is 12.8. The van der Waals surface area contributed by atoms with E-state index in [1.165, 1.54) is 29.4 Å². The molecule has 136 valence electrons. The zero-order valence-corrected chi connectivity index (χ0v) is 15.6.